The fourth-order valence-corrected chi connectivity index (χ4v) is 2.40. The van der Waals surface area contributed by atoms with Crippen LogP contribution in [-0.4, -0.2) is 6.04 Å². The highest BCUT2D eigenvalue weighted by Crippen LogP contribution is 2.36. The zero-order valence-corrected chi connectivity index (χ0v) is 9.52. The first-order chi connectivity index (χ1) is 6.59. The van der Waals surface area contributed by atoms with Gasteiger partial charge in [0.15, 0.2) is 0 Å². The summed E-state index contributed by atoms with van der Waals surface area (Å²) in [6.07, 6.45) is 1.25. The van der Waals surface area contributed by atoms with Crippen LogP contribution in [0.25, 0.3) is 0 Å². The summed E-state index contributed by atoms with van der Waals surface area (Å²) in [6.45, 7) is 8.99. The molecule has 14 heavy (non-hydrogen) atoms. The second-order valence-corrected chi connectivity index (χ2v) is 4.65. The molecule has 76 valence electrons. The largest absolute Gasteiger partial charge is 0.382 e. The third-order valence-electron chi connectivity index (χ3n) is 3.40. The average Bonchev–Trinajstić information content (AvgIpc) is 2.12. The van der Waals surface area contributed by atoms with Crippen molar-refractivity contribution in [2.75, 3.05) is 5.32 Å². The van der Waals surface area contributed by atoms with E-state index in [9.17, 15) is 0 Å². The van der Waals surface area contributed by atoms with Crippen LogP contribution < -0.4 is 5.32 Å². The Hall–Kier alpha value is -0.980. The molecule has 0 bridgehead atoms. The van der Waals surface area contributed by atoms with E-state index in [1.54, 1.807) is 0 Å². The Morgan fingerprint density at radius 3 is 2.64 bits per heavy atom. The minimum absolute atomic E-state index is 0.609. The van der Waals surface area contributed by atoms with Gasteiger partial charge in [0.1, 0.15) is 0 Å². The lowest BCUT2D eigenvalue weighted by Gasteiger charge is -2.31. The van der Waals surface area contributed by atoms with E-state index in [0.717, 1.165) is 0 Å². The number of hydrogen-bond donors (Lipinski definition) is 1. The van der Waals surface area contributed by atoms with Gasteiger partial charge in [-0.1, -0.05) is 19.1 Å². The standard InChI is InChI=1S/C13H19N/c1-8-5-6-12-9(2)7-10(3)14-13(12)11(8)4/h5-6,9-10,14H,7H2,1-4H3/t9-,10+/m1/s1. The first-order valence-corrected chi connectivity index (χ1v) is 5.46. The van der Waals surface area contributed by atoms with Gasteiger partial charge in [0.25, 0.3) is 0 Å². The molecule has 0 aromatic heterocycles. The van der Waals surface area contributed by atoms with Crippen molar-refractivity contribution in [2.45, 2.75) is 46.1 Å². The van der Waals surface area contributed by atoms with Gasteiger partial charge in [-0.15, -0.1) is 0 Å². The van der Waals surface area contributed by atoms with Gasteiger partial charge in [0.2, 0.25) is 0 Å². The molecule has 2 atom stereocenters. The average molecular weight is 189 g/mol. The van der Waals surface area contributed by atoms with E-state index in [2.05, 4.69) is 45.1 Å². The first kappa shape index (κ1) is 9.57. The van der Waals surface area contributed by atoms with Crippen LogP contribution in [0, 0.1) is 13.8 Å². The predicted molar refractivity (Wildman–Crippen MR) is 62.0 cm³/mol. The van der Waals surface area contributed by atoms with Crippen LogP contribution in [-0.2, 0) is 0 Å². The monoisotopic (exact) mass is 189 g/mol. The van der Waals surface area contributed by atoms with Gasteiger partial charge >= 0.3 is 0 Å². The quantitative estimate of drug-likeness (QED) is 0.657. The molecule has 0 amide bonds. The van der Waals surface area contributed by atoms with Crippen molar-refractivity contribution in [3.8, 4) is 0 Å². The molecule has 0 spiro atoms. The van der Waals surface area contributed by atoms with Crippen LogP contribution in [0.1, 0.15) is 42.9 Å². The van der Waals surface area contributed by atoms with Crippen molar-refractivity contribution >= 4 is 5.69 Å². The zero-order chi connectivity index (χ0) is 10.3. The van der Waals surface area contributed by atoms with E-state index >= 15 is 0 Å². The Morgan fingerprint density at radius 2 is 1.93 bits per heavy atom. The molecule has 1 aliphatic heterocycles. The molecule has 0 radical (unpaired) electrons. The number of benzene rings is 1. The summed E-state index contributed by atoms with van der Waals surface area (Å²) in [5.41, 5.74) is 5.68. The van der Waals surface area contributed by atoms with Gasteiger partial charge in [-0.2, -0.15) is 0 Å². The SMILES string of the molecule is Cc1ccc2c(c1C)N[C@@H](C)C[C@H]2C. The third kappa shape index (κ3) is 1.41. The maximum Gasteiger partial charge on any atom is 0.0409 e. The van der Waals surface area contributed by atoms with Crippen LogP contribution in [0.4, 0.5) is 5.69 Å². The Balaban J connectivity index is 2.54. The molecule has 0 unspecified atom stereocenters. The zero-order valence-electron chi connectivity index (χ0n) is 9.52. The van der Waals surface area contributed by atoms with Gasteiger partial charge in [0.05, 0.1) is 0 Å². The number of anilines is 1. The second kappa shape index (κ2) is 3.30. The molecule has 1 heterocycles. The Kier molecular flexibility index (Phi) is 2.26. The van der Waals surface area contributed by atoms with Crippen LogP contribution >= 0.6 is 0 Å². The first-order valence-electron chi connectivity index (χ1n) is 5.46. The number of nitrogens with one attached hydrogen (secondary N) is 1. The fraction of sp³-hybridized carbons (Fsp3) is 0.538. The van der Waals surface area contributed by atoms with Crippen molar-refractivity contribution in [2.24, 2.45) is 0 Å². The number of hydrogen-bond acceptors (Lipinski definition) is 1. The van der Waals surface area contributed by atoms with E-state index in [1.165, 1.54) is 28.8 Å². The van der Waals surface area contributed by atoms with Crippen LogP contribution in [0.3, 0.4) is 0 Å². The van der Waals surface area contributed by atoms with Crippen molar-refractivity contribution in [1.82, 2.24) is 0 Å². The molecule has 1 aliphatic rings. The van der Waals surface area contributed by atoms with Crippen molar-refractivity contribution in [3.63, 3.8) is 0 Å². The van der Waals surface area contributed by atoms with E-state index in [-0.39, 0.29) is 0 Å². The lowest BCUT2D eigenvalue weighted by molar-refractivity contribution is 0.589. The molecule has 1 N–H and O–H groups in total. The van der Waals surface area contributed by atoms with Gasteiger partial charge in [0, 0.05) is 11.7 Å². The van der Waals surface area contributed by atoms with Crippen molar-refractivity contribution in [3.05, 3.63) is 28.8 Å². The lowest BCUT2D eigenvalue weighted by atomic mass is 9.86. The number of aryl methyl sites for hydroxylation is 1. The number of rotatable bonds is 0. The van der Waals surface area contributed by atoms with Crippen LogP contribution in [0.5, 0.6) is 0 Å². The highest BCUT2D eigenvalue weighted by Gasteiger charge is 2.22. The summed E-state index contributed by atoms with van der Waals surface area (Å²) < 4.78 is 0. The molecule has 1 aromatic rings. The lowest BCUT2D eigenvalue weighted by Crippen LogP contribution is -2.25. The minimum atomic E-state index is 0.609. The molecule has 1 heteroatoms. The summed E-state index contributed by atoms with van der Waals surface area (Å²) in [4.78, 5) is 0. The fourth-order valence-electron chi connectivity index (χ4n) is 2.40. The van der Waals surface area contributed by atoms with E-state index in [4.69, 9.17) is 0 Å². The molecular formula is C13H19N. The minimum Gasteiger partial charge on any atom is -0.382 e. The molecule has 1 nitrogen and oxygen atoms in total. The maximum atomic E-state index is 3.60. The summed E-state index contributed by atoms with van der Waals surface area (Å²) in [7, 11) is 0. The Morgan fingerprint density at radius 1 is 1.21 bits per heavy atom. The summed E-state index contributed by atoms with van der Waals surface area (Å²) >= 11 is 0. The molecule has 2 rings (SSSR count). The Bertz CT molecular complexity index is 354. The smallest absolute Gasteiger partial charge is 0.0409 e. The third-order valence-corrected chi connectivity index (χ3v) is 3.40. The van der Waals surface area contributed by atoms with E-state index < -0.39 is 0 Å². The van der Waals surface area contributed by atoms with Crippen LogP contribution in [0.2, 0.25) is 0 Å². The van der Waals surface area contributed by atoms with E-state index in [1.807, 2.05) is 0 Å². The normalized spacial score (nSPS) is 25.4. The predicted octanol–water partition coefficient (Wildman–Crippen LogP) is 3.61. The summed E-state index contributed by atoms with van der Waals surface area (Å²) in [5.74, 6) is 0.695. The Labute approximate surface area is 86.5 Å². The second-order valence-electron chi connectivity index (χ2n) is 4.65. The van der Waals surface area contributed by atoms with Gasteiger partial charge in [-0.3, -0.25) is 0 Å². The van der Waals surface area contributed by atoms with Gasteiger partial charge in [-0.05, 0) is 49.8 Å². The molecule has 0 saturated heterocycles. The number of fused-ring (bicyclic) bond motifs is 1. The maximum absolute atomic E-state index is 3.60. The molecule has 0 fully saturated rings. The van der Waals surface area contributed by atoms with Gasteiger partial charge in [-0.25, -0.2) is 0 Å². The molecule has 1 aromatic carbocycles. The van der Waals surface area contributed by atoms with Crippen molar-refractivity contribution < 1.29 is 0 Å². The molecule has 0 saturated carbocycles. The molecule has 0 aliphatic carbocycles. The topological polar surface area (TPSA) is 12.0 Å². The summed E-state index contributed by atoms with van der Waals surface area (Å²) in [6, 6.07) is 5.13. The molecular weight excluding hydrogens is 170 g/mol. The highest BCUT2D eigenvalue weighted by atomic mass is 14.9. The van der Waals surface area contributed by atoms with Gasteiger partial charge < -0.3 is 5.32 Å². The summed E-state index contributed by atoms with van der Waals surface area (Å²) in [5, 5.41) is 3.60. The van der Waals surface area contributed by atoms with E-state index in [0.29, 0.717) is 12.0 Å². The highest BCUT2D eigenvalue weighted by molar-refractivity contribution is 5.62. The van der Waals surface area contributed by atoms with Crippen molar-refractivity contribution in [1.29, 1.82) is 0 Å². The van der Waals surface area contributed by atoms with Crippen LogP contribution in [0.15, 0.2) is 12.1 Å².